The van der Waals surface area contributed by atoms with Crippen LogP contribution in [0.15, 0.2) is 0 Å². The topological polar surface area (TPSA) is 35.5 Å². The maximum absolute atomic E-state index is 9.62. The Kier molecular flexibility index (Phi) is 6.45. The smallest absolute Gasteiger partial charge is 0.0499 e. The molecule has 1 saturated carbocycles. The molecular weight excluding hydrogens is 212 g/mol. The molecule has 0 bridgehead atoms. The zero-order chi connectivity index (χ0) is 12.7. The average Bonchev–Trinajstić information content (AvgIpc) is 2.35. The first-order valence-electron chi connectivity index (χ1n) is 7.07. The summed E-state index contributed by atoms with van der Waals surface area (Å²) in [7, 11) is 4.23. The molecule has 102 valence electrons. The molecule has 3 nitrogen and oxygen atoms in total. The third-order valence-electron chi connectivity index (χ3n) is 4.08. The van der Waals surface area contributed by atoms with E-state index in [-0.39, 0.29) is 5.41 Å². The summed E-state index contributed by atoms with van der Waals surface area (Å²) < 4.78 is 0. The van der Waals surface area contributed by atoms with E-state index < -0.39 is 0 Å². The quantitative estimate of drug-likeness (QED) is 0.715. The molecule has 3 heteroatoms. The van der Waals surface area contributed by atoms with Gasteiger partial charge in [-0.2, -0.15) is 0 Å². The molecule has 1 aliphatic rings. The van der Waals surface area contributed by atoms with Crippen LogP contribution in [0.25, 0.3) is 0 Å². The minimum Gasteiger partial charge on any atom is -0.396 e. The summed E-state index contributed by atoms with van der Waals surface area (Å²) in [5.41, 5.74) is 0.171. The average molecular weight is 242 g/mol. The molecule has 0 aliphatic heterocycles. The van der Waals surface area contributed by atoms with Crippen LogP contribution in [0.5, 0.6) is 0 Å². The van der Waals surface area contributed by atoms with Crippen LogP contribution in [0, 0.1) is 5.41 Å². The van der Waals surface area contributed by atoms with Crippen LogP contribution in [0.1, 0.15) is 45.4 Å². The molecule has 0 aromatic carbocycles. The monoisotopic (exact) mass is 242 g/mol. The third kappa shape index (κ3) is 5.36. The molecule has 0 radical (unpaired) electrons. The van der Waals surface area contributed by atoms with E-state index in [0.717, 1.165) is 13.1 Å². The van der Waals surface area contributed by atoms with Gasteiger partial charge in [-0.3, -0.25) is 0 Å². The van der Waals surface area contributed by atoms with E-state index in [9.17, 15) is 5.11 Å². The van der Waals surface area contributed by atoms with Gasteiger partial charge < -0.3 is 15.3 Å². The summed E-state index contributed by atoms with van der Waals surface area (Å²) in [5, 5.41) is 13.2. The number of aliphatic hydroxyl groups is 1. The zero-order valence-electron chi connectivity index (χ0n) is 11.8. The minimum absolute atomic E-state index is 0.171. The Morgan fingerprint density at radius 2 is 1.88 bits per heavy atom. The first kappa shape index (κ1) is 14.9. The lowest BCUT2D eigenvalue weighted by Crippen LogP contribution is -2.42. The van der Waals surface area contributed by atoms with Crippen molar-refractivity contribution in [3.05, 3.63) is 0 Å². The highest BCUT2D eigenvalue weighted by Gasteiger charge is 2.31. The second-order valence-corrected chi connectivity index (χ2v) is 6.09. The molecule has 1 rings (SSSR count). The first-order valence-corrected chi connectivity index (χ1v) is 7.07. The summed E-state index contributed by atoms with van der Waals surface area (Å²) in [5.74, 6) is 0. The van der Waals surface area contributed by atoms with Gasteiger partial charge in [0.1, 0.15) is 0 Å². The molecular formula is C14H30N2O. The van der Waals surface area contributed by atoms with Crippen LogP contribution in [0.2, 0.25) is 0 Å². The van der Waals surface area contributed by atoms with E-state index in [4.69, 9.17) is 0 Å². The predicted molar refractivity (Wildman–Crippen MR) is 73.2 cm³/mol. The van der Waals surface area contributed by atoms with Crippen LogP contribution in [-0.4, -0.2) is 49.8 Å². The third-order valence-corrected chi connectivity index (χ3v) is 4.08. The van der Waals surface area contributed by atoms with Crippen molar-refractivity contribution in [1.82, 2.24) is 10.2 Å². The fourth-order valence-corrected chi connectivity index (χ4v) is 2.64. The molecule has 1 unspecified atom stereocenters. The SMILES string of the molecule is CC(CCN(C)C)NCC1(CO)CCCCC1. The molecule has 1 atom stereocenters. The first-order chi connectivity index (χ1) is 8.08. The van der Waals surface area contributed by atoms with Crippen LogP contribution >= 0.6 is 0 Å². The zero-order valence-corrected chi connectivity index (χ0v) is 11.8. The van der Waals surface area contributed by atoms with Crippen molar-refractivity contribution < 1.29 is 5.11 Å². The van der Waals surface area contributed by atoms with Gasteiger partial charge in [-0.05, 0) is 46.8 Å². The molecule has 17 heavy (non-hydrogen) atoms. The van der Waals surface area contributed by atoms with Crippen molar-refractivity contribution >= 4 is 0 Å². The van der Waals surface area contributed by atoms with Crippen LogP contribution < -0.4 is 5.32 Å². The van der Waals surface area contributed by atoms with Gasteiger partial charge in [-0.25, -0.2) is 0 Å². The summed E-state index contributed by atoms with van der Waals surface area (Å²) in [6.07, 6.45) is 7.48. The van der Waals surface area contributed by atoms with Gasteiger partial charge in [-0.1, -0.05) is 19.3 Å². The number of nitrogens with one attached hydrogen (secondary N) is 1. The lowest BCUT2D eigenvalue weighted by Gasteiger charge is -2.36. The van der Waals surface area contributed by atoms with Gasteiger partial charge >= 0.3 is 0 Å². The standard InChI is InChI=1S/C14H30N2O/c1-13(7-10-16(2)3)15-11-14(12-17)8-5-4-6-9-14/h13,15,17H,4-12H2,1-3H3. The van der Waals surface area contributed by atoms with E-state index in [1.807, 2.05) is 0 Å². The molecule has 0 saturated heterocycles. The molecule has 1 aliphatic carbocycles. The maximum atomic E-state index is 9.62. The summed E-state index contributed by atoms with van der Waals surface area (Å²) >= 11 is 0. The van der Waals surface area contributed by atoms with Crippen molar-refractivity contribution in [2.24, 2.45) is 5.41 Å². The Hall–Kier alpha value is -0.120. The number of aliphatic hydroxyl groups excluding tert-OH is 1. The van der Waals surface area contributed by atoms with Crippen molar-refractivity contribution in [3.63, 3.8) is 0 Å². The lowest BCUT2D eigenvalue weighted by atomic mass is 9.74. The highest BCUT2D eigenvalue weighted by atomic mass is 16.3. The highest BCUT2D eigenvalue weighted by Crippen LogP contribution is 2.35. The fourth-order valence-electron chi connectivity index (χ4n) is 2.64. The van der Waals surface area contributed by atoms with E-state index in [1.165, 1.54) is 38.5 Å². The van der Waals surface area contributed by atoms with Gasteiger partial charge in [0.25, 0.3) is 0 Å². The summed E-state index contributed by atoms with van der Waals surface area (Å²) in [4.78, 5) is 2.22. The normalized spacial score (nSPS) is 21.7. The summed E-state index contributed by atoms with van der Waals surface area (Å²) in [6, 6.07) is 0.544. The largest absolute Gasteiger partial charge is 0.396 e. The number of hydrogen-bond acceptors (Lipinski definition) is 3. The van der Waals surface area contributed by atoms with Gasteiger partial charge in [0.15, 0.2) is 0 Å². The molecule has 0 amide bonds. The molecule has 0 spiro atoms. The second-order valence-electron chi connectivity index (χ2n) is 6.09. The van der Waals surface area contributed by atoms with Crippen LogP contribution in [0.3, 0.4) is 0 Å². The van der Waals surface area contributed by atoms with E-state index >= 15 is 0 Å². The Labute approximate surface area is 107 Å². The predicted octanol–water partition coefficient (Wildman–Crippen LogP) is 1.86. The lowest BCUT2D eigenvalue weighted by molar-refractivity contribution is 0.0783. The molecule has 0 heterocycles. The Balaban J connectivity index is 2.26. The van der Waals surface area contributed by atoms with Crippen molar-refractivity contribution in [2.45, 2.75) is 51.5 Å². The maximum Gasteiger partial charge on any atom is 0.0499 e. The van der Waals surface area contributed by atoms with Crippen LogP contribution in [-0.2, 0) is 0 Å². The highest BCUT2D eigenvalue weighted by molar-refractivity contribution is 4.85. The molecule has 0 aromatic rings. The minimum atomic E-state index is 0.171. The van der Waals surface area contributed by atoms with Crippen LogP contribution in [0.4, 0.5) is 0 Å². The Morgan fingerprint density at radius 1 is 1.24 bits per heavy atom. The second kappa shape index (κ2) is 7.34. The number of nitrogens with zero attached hydrogens (tertiary/aromatic N) is 1. The summed E-state index contributed by atoms with van der Waals surface area (Å²) in [6.45, 7) is 4.70. The van der Waals surface area contributed by atoms with E-state index in [1.54, 1.807) is 0 Å². The number of rotatable bonds is 7. The van der Waals surface area contributed by atoms with Crippen molar-refractivity contribution in [3.8, 4) is 0 Å². The Morgan fingerprint density at radius 3 is 2.41 bits per heavy atom. The number of hydrogen-bond donors (Lipinski definition) is 2. The van der Waals surface area contributed by atoms with Crippen molar-refractivity contribution in [1.29, 1.82) is 0 Å². The van der Waals surface area contributed by atoms with Gasteiger partial charge in [-0.15, -0.1) is 0 Å². The van der Waals surface area contributed by atoms with E-state index in [0.29, 0.717) is 12.6 Å². The van der Waals surface area contributed by atoms with Gasteiger partial charge in [0, 0.05) is 24.6 Å². The fraction of sp³-hybridized carbons (Fsp3) is 1.00. The van der Waals surface area contributed by atoms with Crippen molar-refractivity contribution in [2.75, 3.05) is 33.8 Å². The van der Waals surface area contributed by atoms with Gasteiger partial charge in [0.05, 0.1) is 0 Å². The molecule has 0 aromatic heterocycles. The Bertz CT molecular complexity index is 200. The molecule has 1 fully saturated rings. The van der Waals surface area contributed by atoms with Gasteiger partial charge in [0.2, 0.25) is 0 Å². The van der Waals surface area contributed by atoms with E-state index in [2.05, 4.69) is 31.2 Å². The molecule has 2 N–H and O–H groups in total.